The first-order valence-electron chi connectivity index (χ1n) is 16.9. The second-order valence-electron chi connectivity index (χ2n) is 12.9. The summed E-state index contributed by atoms with van der Waals surface area (Å²) in [6, 6.07) is 60.4. The van der Waals surface area contributed by atoms with Gasteiger partial charge < -0.3 is 0 Å². The van der Waals surface area contributed by atoms with E-state index in [1.807, 2.05) is 12.3 Å². The average molecular weight is 636 g/mol. The van der Waals surface area contributed by atoms with Gasteiger partial charge in [-0.2, -0.15) is 0 Å². The largest absolute Gasteiger partial charge is 0.256 e. The fraction of sp³-hybridized carbons (Fsp3) is 0. The number of benzene rings is 7. The molecule has 232 valence electrons. The second-order valence-corrected chi connectivity index (χ2v) is 12.9. The minimum absolute atomic E-state index is 0.919. The third-order valence-electron chi connectivity index (χ3n) is 9.86. The van der Waals surface area contributed by atoms with Gasteiger partial charge >= 0.3 is 0 Å². The van der Waals surface area contributed by atoms with Crippen molar-refractivity contribution in [3.8, 4) is 44.6 Å². The molecule has 3 heterocycles. The molecule has 0 saturated heterocycles. The highest BCUT2D eigenvalue weighted by Gasteiger charge is 2.15. The van der Waals surface area contributed by atoms with Gasteiger partial charge in [0, 0.05) is 38.9 Å². The van der Waals surface area contributed by atoms with Crippen molar-refractivity contribution in [1.82, 2.24) is 15.0 Å². The highest BCUT2D eigenvalue weighted by atomic mass is 14.8. The Morgan fingerprint density at radius 3 is 1.78 bits per heavy atom. The van der Waals surface area contributed by atoms with E-state index in [0.717, 1.165) is 54.9 Å². The molecular formula is C47H29N3. The van der Waals surface area contributed by atoms with E-state index < -0.39 is 0 Å². The molecule has 0 spiro atoms. The lowest BCUT2D eigenvalue weighted by Crippen LogP contribution is -1.93. The van der Waals surface area contributed by atoms with Gasteiger partial charge in [0.15, 0.2) is 0 Å². The highest BCUT2D eigenvalue weighted by molar-refractivity contribution is 6.16. The summed E-state index contributed by atoms with van der Waals surface area (Å²) < 4.78 is 0. The Balaban J connectivity index is 1.02. The molecule has 10 rings (SSSR count). The number of rotatable bonds is 4. The maximum absolute atomic E-state index is 5.27. The molecule has 0 radical (unpaired) electrons. The number of para-hydroxylation sites is 1. The van der Waals surface area contributed by atoms with Gasteiger partial charge in [0.1, 0.15) is 0 Å². The van der Waals surface area contributed by atoms with Crippen LogP contribution >= 0.6 is 0 Å². The summed E-state index contributed by atoms with van der Waals surface area (Å²) in [4.78, 5) is 14.9. The Labute approximate surface area is 289 Å². The average Bonchev–Trinajstić information content (AvgIpc) is 3.19. The molecule has 0 amide bonds. The molecule has 0 N–H and O–H groups in total. The Hall–Kier alpha value is -6.71. The van der Waals surface area contributed by atoms with Crippen molar-refractivity contribution < 1.29 is 0 Å². The van der Waals surface area contributed by atoms with E-state index in [-0.39, 0.29) is 0 Å². The summed E-state index contributed by atoms with van der Waals surface area (Å²) in [5.74, 6) is 0. The van der Waals surface area contributed by atoms with E-state index in [9.17, 15) is 0 Å². The first kappa shape index (κ1) is 28.3. The minimum Gasteiger partial charge on any atom is -0.256 e. The number of pyridine rings is 3. The van der Waals surface area contributed by atoms with Crippen LogP contribution in [0.3, 0.4) is 0 Å². The van der Waals surface area contributed by atoms with Gasteiger partial charge in [-0.1, -0.05) is 127 Å². The van der Waals surface area contributed by atoms with Gasteiger partial charge in [-0.05, 0) is 81.1 Å². The van der Waals surface area contributed by atoms with E-state index in [2.05, 4.69) is 169 Å². The molecule has 50 heavy (non-hydrogen) atoms. The van der Waals surface area contributed by atoms with Gasteiger partial charge in [0.25, 0.3) is 0 Å². The number of nitrogens with zero attached hydrogens (tertiary/aromatic N) is 3. The van der Waals surface area contributed by atoms with Gasteiger partial charge in [-0.3, -0.25) is 4.98 Å². The summed E-state index contributed by atoms with van der Waals surface area (Å²) >= 11 is 0. The predicted molar refractivity (Wildman–Crippen MR) is 209 cm³/mol. The lowest BCUT2D eigenvalue weighted by atomic mass is 9.95. The van der Waals surface area contributed by atoms with Crippen molar-refractivity contribution >= 4 is 54.4 Å². The molecule has 3 heteroatoms. The third kappa shape index (κ3) is 4.79. The summed E-state index contributed by atoms with van der Waals surface area (Å²) in [7, 11) is 0. The maximum Gasteiger partial charge on any atom is 0.0978 e. The van der Waals surface area contributed by atoms with E-state index in [0.29, 0.717) is 0 Å². The summed E-state index contributed by atoms with van der Waals surface area (Å²) in [5, 5.41) is 6.87. The van der Waals surface area contributed by atoms with Crippen molar-refractivity contribution in [1.29, 1.82) is 0 Å². The quantitative estimate of drug-likeness (QED) is 0.143. The number of aromatic nitrogens is 3. The normalized spacial score (nSPS) is 11.6. The fourth-order valence-corrected chi connectivity index (χ4v) is 7.31. The monoisotopic (exact) mass is 635 g/mol. The van der Waals surface area contributed by atoms with Crippen molar-refractivity contribution in [2.24, 2.45) is 0 Å². The van der Waals surface area contributed by atoms with Gasteiger partial charge in [-0.25, -0.2) is 9.97 Å². The van der Waals surface area contributed by atoms with Crippen LogP contribution in [0, 0.1) is 0 Å². The van der Waals surface area contributed by atoms with E-state index in [1.54, 1.807) is 0 Å². The lowest BCUT2D eigenvalue weighted by Gasteiger charge is -2.13. The van der Waals surface area contributed by atoms with Crippen LogP contribution in [0.5, 0.6) is 0 Å². The zero-order valence-electron chi connectivity index (χ0n) is 27.1. The summed E-state index contributed by atoms with van der Waals surface area (Å²) in [6.07, 6.45) is 1.84. The molecule has 0 bridgehead atoms. The zero-order chi connectivity index (χ0) is 33.0. The number of fused-ring (bicyclic) bond motifs is 6. The molecule has 0 aliphatic carbocycles. The van der Waals surface area contributed by atoms with Crippen LogP contribution in [0.2, 0.25) is 0 Å². The van der Waals surface area contributed by atoms with Crippen LogP contribution in [0.1, 0.15) is 0 Å². The Kier molecular flexibility index (Phi) is 6.49. The molecule has 7 aromatic carbocycles. The van der Waals surface area contributed by atoms with Gasteiger partial charge in [0.05, 0.1) is 27.8 Å². The molecule has 3 aromatic heterocycles. The zero-order valence-corrected chi connectivity index (χ0v) is 27.1. The molecule has 0 aliphatic heterocycles. The molecule has 3 nitrogen and oxygen atoms in total. The van der Waals surface area contributed by atoms with Crippen molar-refractivity contribution in [2.75, 3.05) is 0 Å². The molecule has 0 aliphatic rings. The van der Waals surface area contributed by atoms with E-state index >= 15 is 0 Å². The van der Waals surface area contributed by atoms with Crippen LogP contribution in [-0.4, -0.2) is 15.0 Å². The van der Waals surface area contributed by atoms with Crippen LogP contribution in [0.25, 0.3) is 99.0 Å². The number of hydrogen-bond donors (Lipinski definition) is 0. The second kappa shape index (κ2) is 11.5. The Morgan fingerprint density at radius 1 is 0.320 bits per heavy atom. The minimum atomic E-state index is 0.919. The molecule has 0 unspecified atom stereocenters. The fourth-order valence-electron chi connectivity index (χ4n) is 7.31. The summed E-state index contributed by atoms with van der Waals surface area (Å²) in [5.41, 5.74) is 13.0. The van der Waals surface area contributed by atoms with Crippen molar-refractivity contribution in [3.05, 3.63) is 176 Å². The topological polar surface area (TPSA) is 38.7 Å². The number of hydrogen-bond acceptors (Lipinski definition) is 3. The third-order valence-corrected chi connectivity index (χ3v) is 9.86. The molecule has 0 saturated carbocycles. The van der Waals surface area contributed by atoms with Crippen LogP contribution in [-0.2, 0) is 0 Å². The lowest BCUT2D eigenvalue weighted by molar-refractivity contribution is 1.39. The highest BCUT2D eigenvalue weighted by Crippen LogP contribution is 2.38. The van der Waals surface area contributed by atoms with E-state index in [1.165, 1.54) is 44.2 Å². The molecule has 10 aromatic rings. The van der Waals surface area contributed by atoms with Crippen LogP contribution < -0.4 is 0 Å². The SMILES string of the molecule is c1ccc(-c2c3ccccc3nc3c2ccc2ccc(-c4ccc5cc(-c6ccc(-c7ccc8ncccc8c7)cc6)ccc5c4)nc23)cc1. The van der Waals surface area contributed by atoms with Crippen molar-refractivity contribution in [3.63, 3.8) is 0 Å². The van der Waals surface area contributed by atoms with Crippen LogP contribution in [0.15, 0.2) is 176 Å². The van der Waals surface area contributed by atoms with Crippen LogP contribution in [0.4, 0.5) is 0 Å². The first-order chi connectivity index (χ1) is 24.7. The van der Waals surface area contributed by atoms with E-state index in [4.69, 9.17) is 9.97 Å². The standard InChI is InChI=1S/C47H29N3/c1-2-7-32(8-3-1)45-40-10-4-5-11-44(40)50-47-41(45)23-20-33-21-25-43(49-46(33)47)39-19-18-36-27-34(16-17-37(36)29-39)30-12-14-31(15-13-30)35-22-24-42-38(28-35)9-6-26-48-42/h1-29H. The Morgan fingerprint density at radius 2 is 0.960 bits per heavy atom. The molecular weight excluding hydrogens is 607 g/mol. The smallest absolute Gasteiger partial charge is 0.0978 e. The molecule has 0 fully saturated rings. The summed E-state index contributed by atoms with van der Waals surface area (Å²) in [6.45, 7) is 0. The Bertz CT molecular complexity index is 2910. The van der Waals surface area contributed by atoms with Gasteiger partial charge in [-0.15, -0.1) is 0 Å². The van der Waals surface area contributed by atoms with Gasteiger partial charge in [0.2, 0.25) is 0 Å². The maximum atomic E-state index is 5.27. The first-order valence-corrected chi connectivity index (χ1v) is 16.9. The molecule has 0 atom stereocenters. The van der Waals surface area contributed by atoms with Crippen molar-refractivity contribution in [2.45, 2.75) is 0 Å². The predicted octanol–water partition coefficient (Wildman–Crippen LogP) is 12.3.